The van der Waals surface area contributed by atoms with Crippen LogP contribution in [0, 0.1) is 17.8 Å². The number of nitrogens with one attached hydrogen (secondary N) is 1. The maximum absolute atomic E-state index is 13.4. The summed E-state index contributed by atoms with van der Waals surface area (Å²) < 4.78 is 0. The highest BCUT2D eigenvalue weighted by atomic mass is 16.2. The van der Waals surface area contributed by atoms with Crippen LogP contribution in [-0.2, 0) is 9.59 Å². The van der Waals surface area contributed by atoms with E-state index in [0.717, 1.165) is 37.9 Å². The minimum atomic E-state index is -0.0211. The Hall–Kier alpha value is -2.10. The molecule has 0 bridgehead atoms. The van der Waals surface area contributed by atoms with E-state index in [9.17, 15) is 9.59 Å². The molecule has 4 rings (SSSR count). The number of anilines is 1. The Balaban J connectivity index is 1.44. The van der Waals surface area contributed by atoms with Crippen LogP contribution in [-0.4, -0.2) is 29.3 Å². The number of allylic oxidation sites excluding steroid dienone is 2. The largest absolute Gasteiger partial charge is 0.339 e. The summed E-state index contributed by atoms with van der Waals surface area (Å²) in [6, 6.07) is 10.0. The first-order valence-corrected chi connectivity index (χ1v) is 10.5. The van der Waals surface area contributed by atoms with Gasteiger partial charge in [-0.1, -0.05) is 49.6 Å². The molecule has 2 aliphatic carbocycles. The number of nitrogens with zero attached hydrogens (tertiary/aromatic N) is 1. The van der Waals surface area contributed by atoms with Crippen molar-refractivity contribution in [2.45, 2.75) is 57.4 Å². The molecule has 1 aromatic rings. The second-order valence-corrected chi connectivity index (χ2v) is 8.34. The fourth-order valence-corrected chi connectivity index (χ4v) is 5.23. The number of benzene rings is 1. The van der Waals surface area contributed by atoms with Gasteiger partial charge in [0.25, 0.3) is 0 Å². The van der Waals surface area contributed by atoms with Gasteiger partial charge >= 0.3 is 0 Å². The van der Waals surface area contributed by atoms with Gasteiger partial charge in [0.2, 0.25) is 11.8 Å². The molecule has 2 amide bonds. The molecule has 2 fully saturated rings. The van der Waals surface area contributed by atoms with Gasteiger partial charge in [0.1, 0.15) is 0 Å². The molecule has 3 unspecified atom stereocenters. The van der Waals surface area contributed by atoms with E-state index in [1.54, 1.807) is 0 Å². The Kier molecular flexibility index (Phi) is 5.61. The van der Waals surface area contributed by atoms with Gasteiger partial charge in [-0.25, -0.2) is 0 Å². The third-order valence-corrected chi connectivity index (χ3v) is 6.58. The average Bonchev–Trinajstić information content (AvgIpc) is 2.70. The standard InChI is InChI=1S/C23H30N2O2/c26-21(24-19-10-3-1-4-11-19)16-18-9-7-8-17-14-15-25(23(27)22(17)18)20-12-5-2-6-13-20/h1,3-4,7-8,10-11,17-18,20,22H,2,5-6,9,12-16H2,(H,24,26). The fourth-order valence-electron chi connectivity index (χ4n) is 5.23. The van der Waals surface area contributed by atoms with Crippen molar-refractivity contribution in [1.29, 1.82) is 0 Å². The zero-order valence-electron chi connectivity index (χ0n) is 16.0. The maximum atomic E-state index is 13.4. The SMILES string of the molecule is O=C(CC1CC=CC2CCN(C3CCCCC3)C(=O)C21)Nc1ccccc1. The van der Waals surface area contributed by atoms with E-state index < -0.39 is 0 Å². The number of carbonyl (C=O) groups is 2. The number of rotatable bonds is 4. The van der Waals surface area contributed by atoms with E-state index in [-0.39, 0.29) is 17.7 Å². The quantitative estimate of drug-likeness (QED) is 0.804. The minimum absolute atomic E-state index is 0.0165. The zero-order valence-corrected chi connectivity index (χ0v) is 16.0. The molecule has 4 nitrogen and oxygen atoms in total. The van der Waals surface area contributed by atoms with Gasteiger partial charge in [-0.15, -0.1) is 0 Å². The van der Waals surface area contributed by atoms with Crippen LogP contribution in [0.25, 0.3) is 0 Å². The summed E-state index contributed by atoms with van der Waals surface area (Å²) in [5.74, 6) is 0.721. The van der Waals surface area contributed by atoms with Gasteiger partial charge in [-0.3, -0.25) is 9.59 Å². The van der Waals surface area contributed by atoms with Gasteiger partial charge in [0, 0.05) is 30.6 Å². The van der Waals surface area contributed by atoms with Crippen LogP contribution in [0.1, 0.15) is 51.4 Å². The molecule has 1 aromatic carbocycles. The zero-order chi connectivity index (χ0) is 18.6. The first-order chi connectivity index (χ1) is 13.2. The molecule has 0 radical (unpaired) electrons. The molecule has 3 atom stereocenters. The highest BCUT2D eigenvalue weighted by molar-refractivity contribution is 5.91. The number of hydrogen-bond donors (Lipinski definition) is 1. The first-order valence-electron chi connectivity index (χ1n) is 10.5. The van der Waals surface area contributed by atoms with E-state index in [1.807, 2.05) is 30.3 Å². The number of hydrogen-bond acceptors (Lipinski definition) is 2. The molecular formula is C23H30N2O2. The van der Waals surface area contributed by atoms with Gasteiger partial charge < -0.3 is 10.2 Å². The van der Waals surface area contributed by atoms with Crippen molar-refractivity contribution in [3.63, 3.8) is 0 Å². The van der Waals surface area contributed by atoms with E-state index >= 15 is 0 Å². The molecule has 1 saturated heterocycles. The topological polar surface area (TPSA) is 49.4 Å². The number of piperidine rings is 1. The normalized spacial score (nSPS) is 28.7. The lowest BCUT2D eigenvalue weighted by atomic mass is 9.70. The Bertz CT molecular complexity index is 694. The molecule has 3 aliphatic rings. The van der Waals surface area contributed by atoms with Crippen molar-refractivity contribution in [3.05, 3.63) is 42.5 Å². The Morgan fingerprint density at radius 1 is 1.07 bits per heavy atom. The highest BCUT2D eigenvalue weighted by Crippen LogP contribution is 2.40. The molecule has 1 heterocycles. The molecule has 0 spiro atoms. The van der Waals surface area contributed by atoms with Crippen LogP contribution in [0.2, 0.25) is 0 Å². The van der Waals surface area contributed by atoms with Gasteiger partial charge in [0.05, 0.1) is 0 Å². The molecule has 144 valence electrons. The number of para-hydroxylation sites is 1. The molecule has 0 aromatic heterocycles. The molecule has 1 aliphatic heterocycles. The summed E-state index contributed by atoms with van der Waals surface area (Å²) in [5, 5.41) is 2.99. The smallest absolute Gasteiger partial charge is 0.226 e. The summed E-state index contributed by atoms with van der Waals surface area (Å²) in [5.41, 5.74) is 0.823. The summed E-state index contributed by atoms with van der Waals surface area (Å²) in [7, 11) is 0. The minimum Gasteiger partial charge on any atom is -0.339 e. The van der Waals surface area contributed by atoms with Crippen molar-refractivity contribution in [1.82, 2.24) is 4.90 Å². The summed E-state index contributed by atoms with van der Waals surface area (Å²) >= 11 is 0. The summed E-state index contributed by atoms with van der Waals surface area (Å²) in [6.45, 7) is 0.887. The predicted octanol–water partition coefficient (Wildman–Crippen LogP) is 4.39. The maximum Gasteiger partial charge on any atom is 0.226 e. The number of fused-ring (bicyclic) bond motifs is 1. The van der Waals surface area contributed by atoms with Crippen LogP contribution in [0.4, 0.5) is 5.69 Å². The van der Waals surface area contributed by atoms with E-state index in [0.29, 0.717) is 24.3 Å². The lowest BCUT2D eigenvalue weighted by Crippen LogP contribution is -2.53. The van der Waals surface area contributed by atoms with E-state index in [4.69, 9.17) is 0 Å². The van der Waals surface area contributed by atoms with E-state index in [2.05, 4.69) is 22.4 Å². The molecule has 4 heteroatoms. The Labute approximate surface area is 162 Å². The number of amides is 2. The first kappa shape index (κ1) is 18.3. The predicted molar refractivity (Wildman–Crippen MR) is 107 cm³/mol. The van der Waals surface area contributed by atoms with Gasteiger partial charge in [-0.05, 0) is 49.7 Å². The van der Waals surface area contributed by atoms with Crippen LogP contribution in [0.5, 0.6) is 0 Å². The van der Waals surface area contributed by atoms with Crippen molar-refractivity contribution < 1.29 is 9.59 Å². The van der Waals surface area contributed by atoms with Gasteiger partial charge in [0.15, 0.2) is 0 Å². The molecule has 1 N–H and O–H groups in total. The summed E-state index contributed by atoms with van der Waals surface area (Å²) in [6.07, 6.45) is 12.8. The molecule has 1 saturated carbocycles. The second kappa shape index (κ2) is 8.28. The Morgan fingerprint density at radius 3 is 2.63 bits per heavy atom. The van der Waals surface area contributed by atoms with Crippen LogP contribution >= 0.6 is 0 Å². The fraction of sp³-hybridized carbons (Fsp3) is 0.565. The lowest BCUT2D eigenvalue weighted by Gasteiger charge is -2.46. The number of likely N-dealkylation sites (tertiary alicyclic amines) is 1. The van der Waals surface area contributed by atoms with Crippen LogP contribution in [0.15, 0.2) is 42.5 Å². The lowest BCUT2D eigenvalue weighted by molar-refractivity contribution is -0.147. The average molecular weight is 367 g/mol. The van der Waals surface area contributed by atoms with Gasteiger partial charge in [-0.2, -0.15) is 0 Å². The molecular weight excluding hydrogens is 336 g/mol. The monoisotopic (exact) mass is 366 g/mol. The molecule has 27 heavy (non-hydrogen) atoms. The van der Waals surface area contributed by atoms with Crippen molar-refractivity contribution >= 4 is 17.5 Å². The number of carbonyl (C=O) groups excluding carboxylic acids is 2. The van der Waals surface area contributed by atoms with Crippen molar-refractivity contribution in [3.8, 4) is 0 Å². The summed E-state index contributed by atoms with van der Waals surface area (Å²) in [4.78, 5) is 28.1. The van der Waals surface area contributed by atoms with Crippen LogP contribution < -0.4 is 5.32 Å². The second-order valence-electron chi connectivity index (χ2n) is 8.34. The third-order valence-electron chi connectivity index (χ3n) is 6.58. The van der Waals surface area contributed by atoms with E-state index in [1.165, 1.54) is 19.3 Å². The van der Waals surface area contributed by atoms with Crippen molar-refractivity contribution in [2.75, 3.05) is 11.9 Å². The highest BCUT2D eigenvalue weighted by Gasteiger charge is 2.44. The van der Waals surface area contributed by atoms with Crippen LogP contribution in [0.3, 0.4) is 0 Å². The Morgan fingerprint density at radius 2 is 1.85 bits per heavy atom. The van der Waals surface area contributed by atoms with Crippen molar-refractivity contribution in [2.24, 2.45) is 17.8 Å². The third kappa shape index (κ3) is 4.10.